The van der Waals surface area contributed by atoms with E-state index >= 15 is 0 Å². The second kappa shape index (κ2) is 4.88. The Hall–Kier alpha value is 0.110. The van der Waals surface area contributed by atoms with E-state index in [1.54, 1.807) is 0 Å². The first kappa shape index (κ1) is 9.20. The molecule has 11 heavy (non-hydrogen) atoms. The molecule has 0 spiro atoms. The SMILES string of the molecule is C/C(C=O)=C\C1SCCCS1. The van der Waals surface area contributed by atoms with E-state index in [0.717, 1.165) is 11.9 Å². The Labute approximate surface area is 76.0 Å². The van der Waals surface area contributed by atoms with Crippen LogP contribution in [-0.2, 0) is 4.79 Å². The van der Waals surface area contributed by atoms with Crippen LogP contribution in [0.2, 0.25) is 0 Å². The van der Waals surface area contributed by atoms with Gasteiger partial charge in [0, 0.05) is 0 Å². The molecule has 0 aliphatic carbocycles. The Bertz CT molecular complexity index is 159. The van der Waals surface area contributed by atoms with Crippen molar-refractivity contribution in [3.8, 4) is 0 Å². The number of allylic oxidation sites excluding steroid dienone is 1. The van der Waals surface area contributed by atoms with Gasteiger partial charge in [0.2, 0.25) is 0 Å². The molecule has 0 N–H and O–H groups in total. The van der Waals surface area contributed by atoms with Crippen molar-refractivity contribution in [1.29, 1.82) is 0 Å². The zero-order valence-electron chi connectivity index (χ0n) is 6.58. The Morgan fingerprint density at radius 2 is 2.09 bits per heavy atom. The zero-order chi connectivity index (χ0) is 8.10. The van der Waals surface area contributed by atoms with Gasteiger partial charge in [-0.3, -0.25) is 4.79 Å². The molecule has 0 saturated carbocycles. The smallest absolute Gasteiger partial charge is 0.145 e. The molecule has 0 atom stereocenters. The molecule has 0 bridgehead atoms. The van der Waals surface area contributed by atoms with E-state index in [1.807, 2.05) is 30.4 Å². The zero-order valence-corrected chi connectivity index (χ0v) is 8.21. The van der Waals surface area contributed by atoms with Crippen LogP contribution in [0.1, 0.15) is 13.3 Å². The molecule has 1 fully saturated rings. The lowest BCUT2D eigenvalue weighted by Crippen LogP contribution is -2.04. The van der Waals surface area contributed by atoms with Gasteiger partial charge >= 0.3 is 0 Å². The minimum absolute atomic E-state index is 0.522. The van der Waals surface area contributed by atoms with E-state index in [0.29, 0.717) is 4.58 Å². The largest absolute Gasteiger partial charge is 0.298 e. The Morgan fingerprint density at radius 3 is 2.64 bits per heavy atom. The van der Waals surface area contributed by atoms with E-state index in [9.17, 15) is 4.79 Å². The van der Waals surface area contributed by atoms with Gasteiger partial charge in [0.15, 0.2) is 0 Å². The van der Waals surface area contributed by atoms with Crippen LogP contribution in [0.4, 0.5) is 0 Å². The van der Waals surface area contributed by atoms with Gasteiger partial charge in [-0.15, -0.1) is 23.5 Å². The van der Waals surface area contributed by atoms with Crippen molar-refractivity contribution in [2.45, 2.75) is 17.9 Å². The van der Waals surface area contributed by atoms with Crippen molar-refractivity contribution >= 4 is 29.8 Å². The molecule has 1 saturated heterocycles. The van der Waals surface area contributed by atoms with E-state index in [2.05, 4.69) is 6.08 Å². The average molecular weight is 188 g/mol. The third kappa shape index (κ3) is 3.34. The van der Waals surface area contributed by atoms with Crippen LogP contribution in [0.3, 0.4) is 0 Å². The van der Waals surface area contributed by atoms with Gasteiger partial charge in [0.05, 0.1) is 4.58 Å². The number of carbonyl (C=O) groups excluding carboxylic acids is 1. The monoisotopic (exact) mass is 188 g/mol. The maximum atomic E-state index is 10.3. The van der Waals surface area contributed by atoms with E-state index in [1.165, 1.54) is 17.9 Å². The number of hydrogen-bond donors (Lipinski definition) is 0. The second-order valence-corrected chi connectivity index (χ2v) is 5.29. The second-order valence-electron chi connectivity index (χ2n) is 2.49. The number of thioether (sulfide) groups is 2. The molecule has 0 aromatic heterocycles. The molecule has 0 amide bonds. The summed E-state index contributed by atoms with van der Waals surface area (Å²) in [6.07, 6.45) is 4.29. The molecule has 0 aromatic carbocycles. The minimum Gasteiger partial charge on any atom is -0.298 e. The van der Waals surface area contributed by atoms with Crippen molar-refractivity contribution in [3.05, 3.63) is 11.6 Å². The molecular weight excluding hydrogens is 176 g/mol. The molecule has 0 radical (unpaired) electrons. The van der Waals surface area contributed by atoms with E-state index in [4.69, 9.17) is 0 Å². The summed E-state index contributed by atoms with van der Waals surface area (Å²) in [5.41, 5.74) is 0.858. The van der Waals surface area contributed by atoms with Crippen molar-refractivity contribution in [1.82, 2.24) is 0 Å². The molecule has 1 aliphatic rings. The summed E-state index contributed by atoms with van der Waals surface area (Å²) in [4.78, 5) is 10.3. The van der Waals surface area contributed by atoms with E-state index < -0.39 is 0 Å². The van der Waals surface area contributed by atoms with Gasteiger partial charge in [0.1, 0.15) is 6.29 Å². The third-order valence-electron chi connectivity index (χ3n) is 1.44. The van der Waals surface area contributed by atoms with E-state index in [-0.39, 0.29) is 0 Å². The minimum atomic E-state index is 0.522. The van der Waals surface area contributed by atoms with Crippen molar-refractivity contribution in [2.75, 3.05) is 11.5 Å². The summed E-state index contributed by atoms with van der Waals surface area (Å²) in [7, 11) is 0. The Kier molecular flexibility index (Phi) is 4.08. The standard InChI is InChI=1S/C8H12OS2/c1-7(6-9)5-8-10-3-2-4-11-8/h5-6,8H,2-4H2,1H3/b7-5+. The maximum absolute atomic E-state index is 10.3. The van der Waals surface area contributed by atoms with Gasteiger partial charge < -0.3 is 0 Å². The van der Waals surface area contributed by atoms with Gasteiger partial charge in [-0.05, 0) is 30.4 Å². The summed E-state index contributed by atoms with van der Waals surface area (Å²) < 4.78 is 0.522. The van der Waals surface area contributed by atoms with Crippen LogP contribution in [0.5, 0.6) is 0 Å². The van der Waals surface area contributed by atoms with Crippen LogP contribution in [0.25, 0.3) is 0 Å². The topological polar surface area (TPSA) is 17.1 Å². The lowest BCUT2D eigenvalue weighted by atomic mass is 10.3. The quantitative estimate of drug-likeness (QED) is 0.489. The van der Waals surface area contributed by atoms with Crippen LogP contribution in [0, 0.1) is 0 Å². The summed E-state index contributed by atoms with van der Waals surface area (Å²) in [6.45, 7) is 1.86. The molecule has 1 nitrogen and oxygen atoms in total. The Morgan fingerprint density at radius 1 is 1.45 bits per heavy atom. The van der Waals surface area contributed by atoms with Gasteiger partial charge in [-0.2, -0.15) is 0 Å². The highest BCUT2D eigenvalue weighted by molar-refractivity contribution is 8.17. The molecule has 1 rings (SSSR count). The van der Waals surface area contributed by atoms with Gasteiger partial charge in [-0.1, -0.05) is 6.08 Å². The molecule has 1 aliphatic heterocycles. The highest BCUT2D eigenvalue weighted by atomic mass is 32.2. The lowest BCUT2D eigenvalue weighted by molar-refractivity contribution is -0.104. The number of rotatable bonds is 2. The number of hydrogen-bond acceptors (Lipinski definition) is 3. The summed E-state index contributed by atoms with van der Waals surface area (Å²) >= 11 is 3.87. The van der Waals surface area contributed by atoms with Crippen LogP contribution < -0.4 is 0 Å². The lowest BCUT2D eigenvalue weighted by Gasteiger charge is -2.17. The normalized spacial score (nSPS) is 21.7. The predicted molar refractivity (Wildman–Crippen MR) is 53.1 cm³/mol. The highest BCUT2D eigenvalue weighted by Gasteiger charge is 2.11. The molecule has 0 aromatic rings. The van der Waals surface area contributed by atoms with Gasteiger partial charge in [-0.25, -0.2) is 0 Å². The number of carbonyl (C=O) groups is 1. The highest BCUT2D eigenvalue weighted by Crippen LogP contribution is 2.31. The fourth-order valence-electron chi connectivity index (χ4n) is 0.856. The number of aldehydes is 1. The Balaban J connectivity index is 2.40. The fraction of sp³-hybridized carbons (Fsp3) is 0.625. The fourth-order valence-corrected chi connectivity index (χ4v) is 3.71. The molecule has 0 unspecified atom stereocenters. The summed E-state index contributed by atoms with van der Waals surface area (Å²) in [6, 6.07) is 0. The third-order valence-corrected chi connectivity index (χ3v) is 4.23. The first-order chi connectivity index (χ1) is 5.33. The predicted octanol–water partition coefficient (Wildman–Crippen LogP) is 2.33. The first-order valence-electron chi connectivity index (χ1n) is 3.70. The molecule has 3 heteroatoms. The molecule has 1 heterocycles. The van der Waals surface area contributed by atoms with Crippen LogP contribution in [-0.4, -0.2) is 22.4 Å². The van der Waals surface area contributed by atoms with Crippen LogP contribution in [0.15, 0.2) is 11.6 Å². The summed E-state index contributed by atoms with van der Waals surface area (Å²) in [5, 5.41) is 0. The van der Waals surface area contributed by atoms with Gasteiger partial charge in [0.25, 0.3) is 0 Å². The first-order valence-corrected chi connectivity index (χ1v) is 5.79. The summed E-state index contributed by atoms with van der Waals surface area (Å²) in [5.74, 6) is 2.47. The molecule has 62 valence electrons. The van der Waals surface area contributed by atoms with Crippen molar-refractivity contribution in [2.24, 2.45) is 0 Å². The van der Waals surface area contributed by atoms with Crippen LogP contribution >= 0.6 is 23.5 Å². The van der Waals surface area contributed by atoms with Crippen molar-refractivity contribution < 1.29 is 4.79 Å². The maximum Gasteiger partial charge on any atom is 0.145 e. The molecular formula is C8H12OS2. The van der Waals surface area contributed by atoms with Crippen molar-refractivity contribution in [3.63, 3.8) is 0 Å². The average Bonchev–Trinajstić information content (AvgIpc) is 2.06.